The van der Waals surface area contributed by atoms with Gasteiger partial charge in [0.05, 0.1) is 0 Å². The molecule has 0 saturated carbocycles. The first kappa shape index (κ1) is 18.4. The molecule has 1 aliphatic rings. The minimum absolute atomic E-state index is 1.14. The van der Waals surface area contributed by atoms with E-state index < -0.39 is 0 Å². The second-order valence-electron chi connectivity index (χ2n) is 3.39. The molecule has 17 heavy (non-hydrogen) atoms. The summed E-state index contributed by atoms with van der Waals surface area (Å²) in [5, 5.41) is 3.36. The van der Waals surface area contributed by atoms with Gasteiger partial charge in [-0.3, -0.25) is 0 Å². The van der Waals surface area contributed by atoms with Gasteiger partial charge < -0.3 is 5.32 Å². The molecule has 1 aromatic carbocycles. The Labute approximate surface area is 109 Å². The van der Waals surface area contributed by atoms with Crippen LogP contribution in [-0.4, -0.2) is 6.54 Å². The molecule has 1 aliphatic heterocycles. The highest BCUT2D eigenvalue weighted by Gasteiger charge is 2.04. The lowest BCUT2D eigenvalue weighted by Gasteiger charge is -2.16. The SMILES string of the molecule is CC.CC.CCC.c1ccc2c(c1)CCCN2. The first-order valence-electron chi connectivity index (χ1n) is 7.20. The molecule has 0 unspecified atom stereocenters. The monoisotopic (exact) mass is 237 g/mol. The van der Waals surface area contributed by atoms with Crippen molar-refractivity contribution in [3.63, 3.8) is 0 Å². The van der Waals surface area contributed by atoms with Gasteiger partial charge in [-0.05, 0) is 24.5 Å². The van der Waals surface area contributed by atoms with Crippen LogP contribution in [0.25, 0.3) is 0 Å². The summed E-state index contributed by atoms with van der Waals surface area (Å²) in [5.41, 5.74) is 2.79. The Morgan fingerprint density at radius 1 is 1.00 bits per heavy atom. The summed E-state index contributed by atoms with van der Waals surface area (Å²) in [7, 11) is 0. The summed E-state index contributed by atoms with van der Waals surface area (Å²) in [6, 6.07) is 8.53. The highest BCUT2D eigenvalue weighted by molar-refractivity contribution is 5.52. The zero-order valence-electron chi connectivity index (χ0n) is 12.6. The van der Waals surface area contributed by atoms with Gasteiger partial charge in [0.2, 0.25) is 0 Å². The van der Waals surface area contributed by atoms with Crippen molar-refractivity contribution in [3.05, 3.63) is 29.8 Å². The molecule has 0 amide bonds. The fraction of sp³-hybridized carbons (Fsp3) is 0.625. The zero-order valence-corrected chi connectivity index (χ0v) is 12.6. The average molecular weight is 237 g/mol. The third kappa shape index (κ3) is 8.79. The van der Waals surface area contributed by atoms with E-state index >= 15 is 0 Å². The number of benzene rings is 1. The van der Waals surface area contributed by atoms with Crippen LogP contribution in [0.3, 0.4) is 0 Å². The number of nitrogens with one attached hydrogen (secondary N) is 1. The van der Waals surface area contributed by atoms with Crippen LogP contribution >= 0.6 is 0 Å². The lowest BCUT2D eigenvalue weighted by atomic mass is 10.0. The standard InChI is InChI=1S/C9H11N.C3H8.2C2H6/c1-2-6-9-8(4-1)5-3-7-10-9;1-3-2;2*1-2/h1-2,4,6,10H,3,5,7H2;3H2,1-2H3;2*1-2H3. The Morgan fingerprint density at radius 2 is 1.53 bits per heavy atom. The minimum Gasteiger partial charge on any atom is -0.385 e. The molecular weight excluding hydrogens is 206 g/mol. The second kappa shape index (κ2) is 15.0. The summed E-state index contributed by atoms with van der Waals surface area (Å²) < 4.78 is 0. The summed E-state index contributed by atoms with van der Waals surface area (Å²) in [6.45, 7) is 13.4. The van der Waals surface area contributed by atoms with Gasteiger partial charge in [-0.2, -0.15) is 0 Å². The van der Waals surface area contributed by atoms with Crippen molar-refractivity contribution >= 4 is 5.69 Å². The van der Waals surface area contributed by atoms with E-state index in [0.717, 1.165) is 6.54 Å². The Bertz CT molecular complexity index is 218. The van der Waals surface area contributed by atoms with Gasteiger partial charge in [-0.1, -0.05) is 66.2 Å². The van der Waals surface area contributed by atoms with Crippen LogP contribution in [0.1, 0.15) is 59.9 Å². The molecule has 0 aromatic heterocycles. The Balaban J connectivity index is 0. The van der Waals surface area contributed by atoms with E-state index in [4.69, 9.17) is 0 Å². The Hall–Kier alpha value is -0.980. The molecule has 0 aliphatic carbocycles. The highest BCUT2D eigenvalue weighted by Crippen LogP contribution is 2.19. The Kier molecular flexibility index (Phi) is 16.2. The summed E-state index contributed by atoms with van der Waals surface area (Å²) in [4.78, 5) is 0. The predicted octanol–water partition coefficient (Wildman–Crippen LogP) is 5.51. The molecule has 0 bridgehead atoms. The van der Waals surface area contributed by atoms with Crippen LogP contribution in [-0.2, 0) is 6.42 Å². The molecule has 1 nitrogen and oxygen atoms in total. The van der Waals surface area contributed by atoms with Crippen LogP contribution in [0.4, 0.5) is 5.69 Å². The topological polar surface area (TPSA) is 12.0 Å². The van der Waals surface area contributed by atoms with Gasteiger partial charge in [-0.15, -0.1) is 0 Å². The van der Waals surface area contributed by atoms with E-state index in [1.807, 2.05) is 27.7 Å². The van der Waals surface area contributed by atoms with Crippen molar-refractivity contribution in [1.29, 1.82) is 0 Å². The molecule has 0 fully saturated rings. The lowest BCUT2D eigenvalue weighted by molar-refractivity contribution is 0.830. The van der Waals surface area contributed by atoms with E-state index in [1.165, 1.54) is 30.5 Å². The lowest BCUT2D eigenvalue weighted by Crippen LogP contribution is -2.10. The molecule has 2 rings (SSSR count). The maximum absolute atomic E-state index is 3.36. The average Bonchev–Trinajstić information content (AvgIpc) is 2.44. The van der Waals surface area contributed by atoms with Crippen LogP contribution in [0, 0.1) is 0 Å². The third-order valence-electron chi connectivity index (χ3n) is 1.96. The molecule has 1 heterocycles. The van der Waals surface area contributed by atoms with Crippen LogP contribution < -0.4 is 5.32 Å². The molecule has 1 aromatic rings. The molecule has 100 valence electrons. The van der Waals surface area contributed by atoms with E-state index in [1.54, 1.807) is 0 Å². The minimum atomic E-state index is 1.14. The first-order chi connectivity index (χ1) is 8.38. The highest BCUT2D eigenvalue weighted by atomic mass is 14.9. The predicted molar refractivity (Wildman–Crippen MR) is 81.9 cm³/mol. The van der Waals surface area contributed by atoms with E-state index in [2.05, 4.69) is 43.4 Å². The van der Waals surface area contributed by atoms with E-state index in [0.29, 0.717) is 0 Å². The van der Waals surface area contributed by atoms with Crippen molar-refractivity contribution in [3.8, 4) is 0 Å². The number of aryl methyl sites for hydroxylation is 1. The van der Waals surface area contributed by atoms with Gasteiger partial charge in [0.15, 0.2) is 0 Å². The summed E-state index contributed by atoms with van der Waals surface area (Å²) >= 11 is 0. The van der Waals surface area contributed by atoms with Crippen LogP contribution in [0.2, 0.25) is 0 Å². The number of fused-ring (bicyclic) bond motifs is 1. The first-order valence-corrected chi connectivity index (χ1v) is 7.20. The number of para-hydroxylation sites is 1. The molecular formula is C16H31N. The fourth-order valence-electron chi connectivity index (χ4n) is 1.41. The van der Waals surface area contributed by atoms with Crippen molar-refractivity contribution in [1.82, 2.24) is 0 Å². The van der Waals surface area contributed by atoms with Crippen molar-refractivity contribution < 1.29 is 0 Å². The molecule has 0 saturated heterocycles. The largest absolute Gasteiger partial charge is 0.385 e. The summed E-state index contributed by atoms with van der Waals surface area (Å²) in [6.07, 6.45) is 3.76. The van der Waals surface area contributed by atoms with Gasteiger partial charge in [-0.25, -0.2) is 0 Å². The molecule has 0 radical (unpaired) electrons. The van der Waals surface area contributed by atoms with E-state index in [9.17, 15) is 0 Å². The van der Waals surface area contributed by atoms with Crippen molar-refractivity contribution in [2.75, 3.05) is 11.9 Å². The number of rotatable bonds is 0. The molecule has 0 atom stereocenters. The van der Waals surface area contributed by atoms with Gasteiger partial charge in [0, 0.05) is 12.2 Å². The van der Waals surface area contributed by atoms with E-state index in [-0.39, 0.29) is 0 Å². The van der Waals surface area contributed by atoms with Gasteiger partial charge in [0.1, 0.15) is 0 Å². The molecule has 1 heteroatoms. The maximum Gasteiger partial charge on any atom is 0.0372 e. The zero-order chi connectivity index (χ0) is 13.5. The van der Waals surface area contributed by atoms with Gasteiger partial charge >= 0.3 is 0 Å². The smallest absolute Gasteiger partial charge is 0.0372 e. The number of hydrogen-bond donors (Lipinski definition) is 1. The van der Waals surface area contributed by atoms with Crippen molar-refractivity contribution in [2.24, 2.45) is 0 Å². The van der Waals surface area contributed by atoms with Crippen LogP contribution in [0.15, 0.2) is 24.3 Å². The Morgan fingerprint density at radius 3 is 2.06 bits per heavy atom. The van der Waals surface area contributed by atoms with Crippen LogP contribution in [0.5, 0.6) is 0 Å². The molecule has 1 N–H and O–H groups in total. The molecule has 0 spiro atoms. The van der Waals surface area contributed by atoms with Crippen molar-refractivity contribution in [2.45, 2.75) is 60.8 Å². The normalized spacial score (nSPS) is 10.9. The van der Waals surface area contributed by atoms with Gasteiger partial charge in [0.25, 0.3) is 0 Å². The number of hydrogen-bond acceptors (Lipinski definition) is 1. The third-order valence-corrected chi connectivity index (χ3v) is 1.96. The maximum atomic E-state index is 3.36. The number of anilines is 1. The second-order valence-corrected chi connectivity index (χ2v) is 3.39. The quantitative estimate of drug-likeness (QED) is 0.627. The fourth-order valence-corrected chi connectivity index (χ4v) is 1.41. The summed E-state index contributed by atoms with van der Waals surface area (Å²) in [5.74, 6) is 0.